The van der Waals surface area contributed by atoms with Crippen molar-refractivity contribution in [3.05, 3.63) is 35.9 Å². The number of ether oxygens (including phenoxy) is 1. The van der Waals surface area contributed by atoms with E-state index in [1.54, 1.807) is 7.05 Å². The van der Waals surface area contributed by atoms with E-state index in [4.69, 9.17) is 23.4 Å². The lowest BCUT2D eigenvalue weighted by atomic mass is 10.2. The number of esters is 1. The van der Waals surface area contributed by atoms with Gasteiger partial charge in [0.2, 0.25) is 5.91 Å². The van der Waals surface area contributed by atoms with Crippen LogP contribution in [-0.4, -0.2) is 30.5 Å². The standard InChI is InChI=1S/C10H8O2.C9H18N2OS.3H2/c1-2-10(11)12-8-9-6-4-3-5-7-9;1-8(13)11-7-5-3-4-6-9(12)10-2;;;/h1,3-7H,8H2;3-7H2,1-2H3,(H,10,12)(H,11,13);3*1H. The van der Waals surface area contributed by atoms with Crippen molar-refractivity contribution in [2.75, 3.05) is 13.6 Å². The fourth-order valence-corrected chi connectivity index (χ4v) is 1.84. The molecule has 25 heavy (non-hydrogen) atoms. The second-order valence-corrected chi connectivity index (χ2v) is 5.79. The SMILES string of the molecule is C#CC(=O)OCc1ccccc1.CNC(=O)CCCCCNC(C)=S.[HH].[HH].[HH]. The van der Waals surface area contributed by atoms with Gasteiger partial charge in [-0.2, -0.15) is 0 Å². The first-order valence-corrected chi connectivity index (χ1v) is 8.52. The summed E-state index contributed by atoms with van der Waals surface area (Å²) < 4.78 is 4.70. The Morgan fingerprint density at radius 2 is 1.92 bits per heavy atom. The van der Waals surface area contributed by atoms with Crippen LogP contribution < -0.4 is 10.6 Å². The number of benzene rings is 1. The van der Waals surface area contributed by atoms with E-state index in [-0.39, 0.29) is 16.8 Å². The van der Waals surface area contributed by atoms with Gasteiger partial charge in [-0.3, -0.25) is 4.79 Å². The van der Waals surface area contributed by atoms with Gasteiger partial charge in [-0.15, -0.1) is 6.42 Å². The van der Waals surface area contributed by atoms with Crippen molar-refractivity contribution in [3.8, 4) is 12.3 Å². The molecule has 0 aliphatic carbocycles. The molecule has 1 aromatic carbocycles. The molecule has 0 saturated heterocycles. The lowest BCUT2D eigenvalue weighted by molar-refractivity contribution is -0.137. The number of carbonyl (C=O) groups is 2. The maximum absolute atomic E-state index is 10.8. The first kappa shape index (κ1) is 22.6. The van der Waals surface area contributed by atoms with E-state index in [0.29, 0.717) is 6.42 Å². The molecule has 6 heteroatoms. The average Bonchev–Trinajstić information content (AvgIpc) is 2.63. The Morgan fingerprint density at radius 3 is 2.48 bits per heavy atom. The van der Waals surface area contributed by atoms with Crippen molar-refractivity contribution < 1.29 is 18.6 Å². The summed E-state index contributed by atoms with van der Waals surface area (Å²) in [5.74, 6) is 1.37. The van der Waals surface area contributed by atoms with Gasteiger partial charge in [-0.05, 0) is 25.3 Å². The highest BCUT2D eigenvalue weighted by Gasteiger charge is 1.97. The number of carbonyl (C=O) groups excluding carboxylic acids is 2. The summed E-state index contributed by atoms with van der Waals surface area (Å²) >= 11 is 4.86. The molecule has 1 rings (SSSR count). The number of rotatable bonds is 8. The molecule has 0 atom stereocenters. The Hall–Kier alpha value is -2.39. The van der Waals surface area contributed by atoms with Crippen LogP contribution in [-0.2, 0) is 20.9 Å². The summed E-state index contributed by atoms with van der Waals surface area (Å²) in [5, 5.41) is 5.68. The van der Waals surface area contributed by atoms with Crippen LogP contribution in [0.2, 0.25) is 0 Å². The molecule has 0 bridgehead atoms. The topological polar surface area (TPSA) is 67.4 Å². The number of thiocarbonyl (C=S) groups is 1. The van der Waals surface area contributed by atoms with Gasteiger partial charge < -0.3 is 15.4 Å². The molecule has 0 aliphatic heterocycles. The fourth-order valence-electron chi connectivity index (χ4n) is 1.74. The molecule has 0 radical (unpaired) electrons. The minimum atomic E-state index is -0.626. The van der Waals surface area contributed by atoms with Gasteiger partial charge in [-0.25, -0.2) is 4.79 Å². The number of unbranched alkanes of at least 4 members (excludes halogenated alkanes) is 2. The zero-order chi connectivity index (χ0) is 18.9. The largest absolute Gasteiger partial charge is 0.451 e. The van der Waals surface area contributed by atoms with Crippen LogP contribution in [0.15, 0.2) is 30.3 Å². The van der Waals surface area contributed by atoms with Crippen molar-refractivity contribution >= 4 is 29.1 Å². The molecule has 0 heterocycles. The predicted molar refractivity (Wildman–Crippen MR) is 110 cm³/mol. The van der Waals surface area contributed by atoms with Crippen LogP contribution >= 0.6 is 12.2 Å². The third kappa shape index (κ3) is 14.9. The molecule has 0 fully saturated rings. The van der Waals surface area contributed by atoms with E-state index < -0.39 is 5.97 Å². The summed E-state index contributed by atoms with van der Waals surface area (Å²) in [7, 11) is 1.67. The van der Waals surface area contributed by atoms with Crippen LogP contribution in [0.25, 0.3) is 0 Å². The van der Waals surface area contributed by atoms with Crippen LogP contribution in [0.1, 0.15) is 42.5 Å². The maximum Gasteiger partial charge on any atom is 0.384 e. The predicted octanol–water partition coefficient (Wildman–Crippen LogP) is 3.33. The van der Waals surface area contributed by atoms with E-state index in [0.717, 1.165) is 36.4 Å². The average molecular weight is 369 g/mol. The molecule has 0 saturated carbocycles. The van der Waals surface area contributed by atoms with Crippen LogP contribution in [0.4, 0.5) is 0 Å². The second-order valence-electron chi connectivity index (χ2n) is 5.17. The first-order valence-electron chi connectivity index (χ1n) is 8.12. The number of hydrogen-bond acceptors (Lipinski definition) is 4. The highest BCUT2D eigenvalue weighted by atomic mass is 32.1. The van der Waals surface area contributed by atoms with Crippen LogP contribution in [0.5, 0.6) is 0 Å². The Labute approximate surface area is 160 Å². The van der Waals surface area contributed by atoms with E-state index in [1.165, 1.54) is 0 Å². The molecule has 5 nitrogen and oxygen atoms in total. The highest BCUT2D eigenvalue weighted by molar-refractivity contribution is 7.80. The third-order valence-corrected chi connectivity index (χ3v) is 3.21. The summed E-state index contributed by atoms with van der Waals surface area (Å²) in [6, 6.07) is 9.37. The summed E-state index contributed by atoms with van der Waals surface area (Å²) in [5.41, 5.74) is 0.932. The Morgan fingerprint density at radius 1 is 1.24 bits per heavy atom. The highest BCUT2D eigenvalue weighted by Crippen LogP contribution is 2.00. The Balaban J connectivity index is -0.000000186. The summed E-state index contributed by atoms with van der Waals surface area (Å²) in [4.78, 5) is 22.2. The second kappa shape index (κ2) is 15.2. The molecule has 1 aromatic rings. The quantitative estimate of drug-likeness (QED) is 0.242. The molecule has 0 spiro atoms. The normalized spacial score (nSPS) is 9.00. The monoisotopic (exact) mass is 368 g/mol. The van der Waals surface area contributed by atoms with Crippen molar-refractivity contribution in [1.82, 2.24) is 10.6 Å². The molecule has 1 amide bonds. The van der Waals surface area contributed by atoms with Gasteiger partial charge in [-0.1, -0.05) is 49.0 Å². The minimum Gasteiger partial charge on any atom is -0.451 e. The fraction of sp³-hybridized carbons (Fsp3) is 0.421. The molecule has 2 N–H and O–H groups in total. The molecular formula is C19H32N2O3S. The van der Waals surface area contributed by atoms with Crippen molar-refractivity contribution in [2.24, 2.45) is 0 Å². The summed E-state index contributed by atoms with van der Waals surface area (Å²) in [6.07, 6.45) is 8.55. The van der Waals surface area contributed by atoms with Gasteiger partial charge in [0.05, 0.1) is 4.99 Å². The Bertz CT molecular complexity index is 582. The first-order chi connectivity index (χ1) is 12.0. The number of amides is 1. The third-order valence-electron chi connectivity index (χ3n) is 3.06. The van der Waals surface area contributed by atoms with Crippen LogP contribution in [0, 0.1) is 12.3 Å². The number of terminal acetylenes is 1. The van der Waals surface area contributed by atoms with Crippen molar-refractivity contribution in [2.45, 2.75) is 39.2 Å². The minimum absolute atomic E-state index is 0. The molecule has 0 aromatic heterocycles. The number of hydrogen-bond donors (Lipinski definition) is 2. The zero-order valence-electron chi connectivity index (χ0n) is 14.8. The van der Waals surface area contributed by atoms with E-state index in [9.17, 15) is 9.59 Å². The maximum atomic E-state index is 10.8. The van der Waals surface area contributed by atoms with Gasteiger partial charge >= 0.3 is 5.97 Å². The zero-order valence-corrected chi connectivity index (χ0v) is 15.7. The van der Waals surface area contributed by atoms with Crippen molar-refractivity contribution in [3.63, 3.8) is 0 Å². The molecule has 0 unspecified atom stereocenters. The number of nitrogens with one attached hydrogen (secondary N) is 2. The van der Waals surface area contributed by atoms with E-state index >= 15 is 0 Å². The van der Waals surface area contributed by atoms with Gasteiger partial charge in [0, 0.05) is 30.2 Å². The lowest BCUT2D eigenvalue weighted by Crippen LogP contribution is -2.19. The van der Waals surface area contributed by atoms with Crippen LogP contribution in [0.3, 0.4) is 0 Å². The van der Waals surface area contributed by atoms with E-state index in [1.807, 2.05) is 43.2 Å². The Kier molecular flexibility index (Phi) is 13.7. The summed E-state index contributed by atoms with van der Waals surface area (Å²) in [6.45, 7) is 3.03. The molecule has 0 aliphatic rings. The van der Waals surface area contributed by atoms with Gasteiger partial charge in [0.25, 0.3) is 0 Å². The van der Waals surface area contributed by atoms with E-state index in [2.05, 4.69) is 10.6 Å². The van der Waals surface area contributed by atoms with Gasteiger partial charge in [0.1, 0.15) is 6.61 Å². The van der Waals surface area contributed by atoms with Crippen molar-refractivity contribution in [1.29, 1.82) is 0 Å². The molecule has 142 valence electrons. The smallest absolute Gasteiger partial charge is 0.384 e. The lowest BCUT2D eigenvalue weighted by Gasteiger charge is -2.03. The van der Waals surface area contributed by atoms with Gasteiger partial charge in [0.15, 0.2) is 0 Å². The molecular weight excluding hydrogens is 336 g/mol.